The molecule has 6 heteroatoms. The fourth-order valence-corrected chi connectivity index (χ4v) is 3.64. The molecule has 1 fully saturated rings. The SMILES string of the molecule is Cc1ccc(-c2cn[nH]c2[C@H]2CCCN(C(=O)c3ccc(O)cn3)C2)cc1. The van der Waals surface area contributed by atoms with Crippen molar-refractivity contribution < 1.29 is 9.90 Å². The van der Waals surface area contributed by atoms with Gasteiger partial charge in [-0.05, 0) is 37.5 Å². The highest BCUT2D eigenvalue weighted by molar-refractivity contribution is 5.92. The van der Waals surface area contributed by atoms with Crippen molar-refractivity contribution in [2.75, 3.05) is 13.1 Å². The molecule has 27 heavy (non-hydrogen) atoms. The van der Waals surface area contributed by atoms with E-state index in [9.17, 15) is 9.90 Å². The van der Waals surface area contributed by atoms with Gasteiger partial charge in [0.15, 0.2) is 0 Å². The number of aromatic amines is 1. The Bertz CT molecular complexity index is 932. The minimum absolute atomic E-state index is 0.0586. The summed E-state index contributed by atoms with van der Waals surface area (Å²) < 4.78 is 0. The molecule has 3 aromatic rings. The van der Waals surface area contributed by atoms with Crippen LogP contribution in [0.4, 0.5) is 0 Å². The van der Waals surface area contributed by atoms with Gasteiger partial charge in [-0.1, -0.05) is 29.8 Å². The standard InChI is InChI=1S/C21H22N4O2/c1-14-4-6-15(7-5-14)18-12-23-24-20(18)16-3-2-10-25(13-16)21(27)19-9-8-17(26)11-22-19/h4-9,11-12,16,26H,2-3,10,13H2,1H3,(H,23,24)/t16-/m0/s1. The number of rotatable bonds is 3. The molecule has 0 spiro atoms. The lowest BCUT2D eigenvalue weighted by molar-refractivity contribution is 0.0700. The van der Waals surface area contributed by atoms with Gasteiger partial charge in [0.25, 0.3) is 5.91 Å². The number of pyridine rings is 1. The van der Waals surface area contributed by atoms with Crippen LogP contribution in [0.3, 0.4) is 0 Å². The first kappa shape index (κ1) is 17.3. The van der Waals surface area contributed by atoms with E-state index in [2.05, 4.69) is 46.4 Å². The molecule has 0 saturated carbocycles. The molecule has 0 radical (unpaired) electrons. The normalized spacial score (nSPS) is 17.1. The third-order valence-electron chi connectivity index (χ3n) is 5.12. The van der Waals surface area contributed by atoms with Crippen LogP contribution in [-0.4, -0.2) is 44.2 Å². The first-order valence-electron chi connectivity index (χ1n) is 9.16. The van der Waals surface area contributed by atoms with E-state index in [0.717, 1.165) is 29.7 Å². The van der Waals surface area contributed by atoms with Crippen molar-refractivity contribution in [2.45, 2.75) is 25.7 Å². The quantitative estimate of drug-likeness (QED) is 0.747. The highest BCUT2D eigenvalue weighted by atomic mass is 16.3. The Morgan fingerprint density at radius 2 is 2.00 bits per heavy atom. The van der Waals surface area contributed by atoms with Crippen molar-refractivity contribution in [2.24, 2.45) is 0 Å². The third-order valence-corrected chi connectivity index (χ3v) is 5.12. The molecule has 1 amide bonds. The average molecular weight is 362 g/mol. The number of aryl methyl sites for hydroxylation is 1. The van der Waals surface area contributed by atoms with E-state index in [1.807, 2.05) is 11.1 Å². The zero-order valence-electron chi connectivity index (χ0n) is 15.2. The smallest absolute Gasteiger partial charge is 0.272 e. The molecule has 2 N–H and O–H groups in total. The average Bonchev–Trinajstić information content (AvgIpc) is 3.18. The number of piperidine rings is 1. The number of nitrogens with one attached hydrogen (secondary N) is 1. The van der Waals surface area contributed by atoms with Gasteiger partial charge in [-0.25, -0.2) is 4.98 Å². The summed E-state index contributed by atoms with van der Waals surface area (Å²) in [4.78, 5) is 18.7. The number of hydrogen-bond donors (Lipinski definition) is 2. The summed E-state index contributed by atoms with van der Waals surface area (Å²) >= 11 is 0. The van der Waals surface area contributed by atoms with Crippen LogP contribution in [0, 0.1) is 6.92 Å². The molecule has 1 aliphatic rings. The second kappa shape index (κ2) is 7.23. The fourth-order valence-electron chi connectivity index (χ4n) is 3.64. The number of aromatic nitrogens is 3. The molecule has 3 heterocycles. The van der Waals surface area contributed by atoms with E-state index >= 15 is 0 Å². The van der Waals surface area contributed by atoms with Crippen LogP contribution < -0.4 is 0 Å². The Morgan fingerprint density at radius 3 is 2.74 bits per heavy atom. The lowest BCUT2D eigenvalue weighted by atomic mass is 9.90. The molecule has 2 aromatic heterocycles. The Labute approximate surface area is 157 Å². The molecule has 4 rings (SSSR count). The van der Waals surface area contributed by atoms with Crippen LogP contribution in [0.2, 0.25) is 0 Å². The molecular weight excluding hydrogens is 340 g/mol. The maximum atomic E-state index is 12.8. The van der Waals surface area contributed by atoms with E-state index in [-0.39, 0.29) is 17.6 Å². The molecule has 1 atom stereocenters. The number of benzene rings is 1. The molecule has 6 nitrogen and oxygen atoms in total. The second-order valence-electron chi connectivity index (χ2n) is 7.06. The number of hydrogen-bond acceptors (Lipinski definition) is 4. The highest BCUT2D eigenvalue weighted by Crippen LogP contribution is 2.33. The number of amides is 1. The van der Waals surface area contributed by atoms with Crippen molar-refractivity contribution in [1.82, 2.24) is 20.1 Å². The molecular formula is C21H22N4O2. The maximum absolute atomic E-state index is 12.8. The van der Waals surface area contributed by atoms with Crippen molar-refractivity contribution in [3.05, 3.63) is 65.7 Å². The Balaban J connectivity index is 1.55. The number of carbonyl (C=O) groups is 1. The molecule has 1 aromatic carbocycles. The van der Waals surface area contributed by atoms with Gasteiger partial charge < -0.3 is 10.0 Å². The number of aromatic hydroxyl groups is 1. The van der Waals surface area contributed by atoms with E-state index < -0.39 is 0 Å². The van der Waals surface area contributed by atoms with Gasteiger partial charge in [-0.3, -0.25) is 9.89 Å². The van der Waals surface area contributed by atoms with Crippen LogP contribution >= 0.6 is 0 Å². The van der Waals surface area contributed by atoms with Gasteiger partial charge >= 0.3 is 0 Å². The van der Waals surface area contributed by atoms with Gasteiger partial charge in [-0.15, -0.1) is 0 Å². The monoisotopic (exact) mass is 362 g/mol. The predicted molar refractivity (Wildman–Crippen MR) is 103 cm³/mol. The van der Waals surface area contributed by atoms with E-state index in [4.69, 9.17) is 0 Å². The number of nitrogens with zero attached hydrogens (tertiary/aromatic N) is 3. The highest BCUT2D eigenvalue weighted by Gasteiger charge is 2.28. The fraction of sp³-hybridized carbons (Fsp3) is 0.286. The van der Waals surface area contributed by atoms with Crippen LogP contribution in [0.15, 0.2) is 48.8 Å². The van der Waals surface area contributed by atoms with E-state index in [0.29, 0.717) is 18.8 Å². The van der Waals surface area contributed by atoms with Crippen molar-refractivity contribution >= 4 is 5.91 Å². The largest absolute Gasteiger partial charge is 0.506 e. The number of likely N-dealkylation sites (tertiary alicyclic amines) is 1. The molecule has 1 aliphatic heterocycles. The van der Waals surface area contributed by atoms with Crippen molar-refractivity contribution in [3.63, 3.8) is 0 Å². The van der Waals surface area contributed by atoms with Crippen LogP contribution in [0.5, 0.6) is 5.75 Å². The summed E-state index contributed by atoms with van der Waals surface area (Å²) in [6.07, 6.45) is 5.11. The third kappa shape index (κ3) is 3.56. The van der Waals surface area contributed by atoms with Gasteiger partial charge in [0.1, 0.15) is 11.4 Å². The Morgan fingerprint density at radius 1 is 1.19 bits per heavy atom. The van der Waals surface area contributed by atoms with Crippen LogP contribution in [0.25, 0.3) is 11.1 Å². The Kier molecular flexibility index (Phi) is 4.62. The summed E-state index contributed by atoms with van der Waals surface area (Å²) in [6.45, 7) is 3.41. The van der Waals surface area contributed by atoms with Gasteiger partial charge in [0.05, 0.1) is 12.4 Å². The first-order chi connectivity index (χ1) is 13.1. The lowest BCUT2D eigenvalue weighted by Gasteiger charge is -2.32. The van der Waals surface area contributed by atoms with Crippen LogP contribution in [-0.2, 0) is 0 Å². The van der Waals surface area contributed by atoms with Gasteiger partial charge in [0.2, 0.25) is 0 Å². The maximum Gasteiger partial charge on any atom is 0.272 e. The molecule has 1 saturated heterocycles. The molecule has 138 valence electrons. The van der Waals surface area contributed by atoms with Crippen molar-refractivity contribution in [1.29, 1.82) is 0 Å². The first-order valence-corrected chi connectivity index (χ1v) is 9.16. The molecule has 0 bridgehead atoms. The lowest BCUT2D eigenvalue weighted by Crippen LogP contribution is -2.39. The molecule has 0 aliphatic carbocycles. The van der Waals surface area contributed by atoms with E-state index in [1.165, 1.54) is 17.8 Å². The number of carbonyl (C=O) groups excluding carboxylic acids is 1. The summed E-state index contributed by atoms with van der Waals surface area (Å²) in [5.41, 5.74) is 4.89. The summed E-state index contributed by atoms with van der Waals surface area (Å²) in [5, 5.41) is 16.8. The topological polar surface area (TPSA) is 82.1 Å². The second-order valence-corrected chi connectivity index (χ2v) is 7.06. The number of H-pyrrole nitrogens is 1. The summed E-state index contributed by atoms with van der Waals surface area (Å²) in [5.74, 6) is 0.165. The van der Waals surface area contributed by atoms with E-state index in [1.54, 1.807) is 6.07 Å². The van der Waals surface area contributed by atoms with Gasteiger partial charge in [-0.2, -0.15) is 5.10 Å². The minimum atomic E-state index is -0.101. The van der Waals surface area contributed by atoms with Gasteiger partial charge in [0, 0.05) is 30.3 Å². The van der Waals surface area contributed by atoms with Crippen molar-refractivity contribution in [3.8, 4) is 16.9 Å². The minimum Gasteiger partial charge on any atom is -0.506 e. The zero-order chi connectivity index (χ0) is 18.8. The molecule has 0 unspecified atom stereocenters. The van der Waals surface area contributed by atoms with Crippen LogP contribution in [0.1, 0.15) is 40.5 Å². The summed E-state index contributed by atoms with van der Waals surface area (Å²) in [6, 6.07) is 11.5. The summed E-state index contributed by atoms with van der Waals surface area (Å²) in [7, 11) is 0. The Hall–Kier alpha value is -3.15. The zero-order valence-corrected chi connectivity index (χ0v) is 15.2. The predicted octanol–water partition coefficient (Wildman–Crippen LogP) is 3.51.